The van der Waals surface area contributed by atoms with E-state index in [0.717, 1.165) is 131 Å². The Hall–Kier alpha value is -1.54. The van der Waals surface area contributed by atoms with Gasteiger partial charge in [0.05, 0.1) is 46.2 Å². The van der Waals surface area contributed by atoms with Crippen molar-refractivity contribution in [1.29, 1.82) is 0 Å². The largest absolute Gasteiger partial charge is 0.465 e. The maximum Gasteiger partial charge on any atom is 0.320 e. The van der Waals surface area contributed by atoms with Gasteiger partial charge in [-0.15, -0.1) is 0 Å². The number of carbonyl (C=O) groups is 2. The molecule has 7 heterocycles. The lowest BCUT2D eigenvalue weighted by atomic mass is 10.1. The highest BCUT2D eigenvalue weighted by molar-refractivity contribution is 5.71. The zero-order valence-corrected chi connectivity index (χ0v) is 82.7. The number of piperidine rings is 7. The Bertz CT molecular complexity index is 1960. The van der Waals surface area contributed by atoms with E-state index in [-0.39, 0.29) is 19.4 Å². The molecule has 730 valence electrons. The van der Waals surface area contributed by atoms with Crippen LogP contribution in [-0.2, 0) is 42.7 Å². The smallest absolute Gasteiger partial charge is 0.320 e. The van der Waals surface area contributed by atoms with Crippen LogP contribution in [0, 0.1) is 0 Å². The van der Waals surface area contributed by atoms with Gasteiger partial charge in [-0.25, -0.2) is 0 Å². The number of hydrogen-bond acceptors (Lipinski definition) is 16. The van der Waals surface area contributed by atoms with Crippen molar-refractivity contribution in [2.75, 3.05) is 217 Å². The molecule has 7 aliphatic heterocycles. The SMILES string of the molecule is C.CCCC(=O)OCCN1CCCCC1.CCCCCCCCCCCCOC(=O)CN1CCCCC1.CCCCCCCCCCCCOCCN1CCCCC1.CCCCCCCCCCOCCN1CCCCC1.CCCCCCCCOCCN1CCCCC1.CCCCCCOCCN1CCCCC1.CCCCOCCN1CCCCC1. The molecule has 0 saturated carbocycles. The van der Waals surface area contributed by atoms with E-state index in [0.29, 0.717) is 26.2 Å². The van der Waals surface area contributed by atoms with Crippen LogP contribution in [0.1, 0.15) is 460 Å². The van der Waals surface area contributed by atoms with Crippen LogP contribution in [0.4, 0.5) is 0 Å². The molecule has 122 heavy (non-hydrogen) atoms. The van der Waals surface area contributed by atoms with E-state index in [1.54, 1.807) is 0 Å². The number of hydrogen-bond donors (Lipinski definition) is 0. The number of nitrogens with zero attached hydrogens (tertiary/aromatic N) is 7. The molecule has 7 aliphatic rings. The lowest BCUT2D eigenvalue weighted by Crippen LogP contribution is -2.35. The Labute approximate surface area is 761 Å². The zero-order chi connectivity index (χ0) is 87.0. The fourth-order valence-corrected chi connectivity index (χ4v) is 17.2. The monoisotopic (exact) mass is 1730 g/mol. The fraction of sp³-hybridized carbons (Fsp3) is 0.981. The van der Waals surface area contributed by atoms with Gasteiger partial charge in [0.1, 0.15) is 6.61 Å². The Kier molecular flexibility index (Phi) is 100. The molecule has 0 aliphatic carbocycles. The van der Waals surface area contributed by atoms with Gasteiger partial charge < -0.3 is 57.7 Å². The Morgan fingerprint density at radius 3 is 0.590 bits per heavy atom. The zero-order valence-electron chi connectivity index (χ0n) is 82.7. The number of carbonyl (C=O) groups excluding carboxylic acids is 2. The second-order valence-corrected chi connectivity index (χ2v) is 37.0. The van der Waals surface area contributed by atoms with Gasteiger partial charge in [0.25, 0.3) is 0 Å². The quantitative estimate of drug-likeness (QED) is 0.0424. The maximum absolute atomic E-state index is 11.7. The van der Waals surface area contributed by atoms with Crippen LogP contribution in [0.15, 0.2) is 0 Å². The van der Waals surface area contributed by atoms with Crippen molar-refractivity contribution < 1.29 is 42.7 Å². The summed E-state index contributed by atoms with van der Waals surface area (Å²) >= 11 is 0. The first-order chi connectivity index (χ1) is 59.8. The second-order valence-electron chi connectivity index (χ2n) is 37.0. The van der Waals surface area contributed by atoms with Crippen molar-refractivity contribution in [3.05, 3.63) is 0 Å². The minimum atomic E-state index is -0.0514. The third kappa shape index (κ3) is 89.1. The van der Waals surface area contributed by atoms with Gasteiger partial charge in [-0.05, 0) is 226 Å². The number of likely N-dealkylation sites (tertiary alicyclic amines) is 7. The summed E-state index contributed by atoms with van der Waals surface area (Å²) in [5, 5.41) is 0. The molecular weight excluding hydrogens is 1520 g/mol. The number of ether oxygens (including phenoxy) is 7. The molecular formula is C106H217N7O9. The van der Waals surface area contributed by atoms with E-state index in [1.807, 2.05) is 6.92 Å². The average Bonchev–Trinajstić information content (AvgIpc) is 0.946. The first-order valence-corrected chi connectivity index (χ1v) is 54.1. The molecule has 7 fully saturated rings. The van der Waals surface area contributed by atoms with Gasteiger partial charge in [0, 0.05) is 78.7 Å². The van der Waals surface area contributed by atoms with E-state index in [9.17, 15) is 9.59 Å². The predicted octanol–water partition coefficient (Wildman–Crippen LogP) is 26.6. The molecule has 0 aromatic rings. The summed E-state index contributed by atoms with van der Waals surface area (Å²) in [7, 11) is 0. The van der Waals surface area contributed by atoms with Gasteiger partial charge in [-0.3, -0.25) is 19.4 Å². The normalized spacial score (nSPS) is 17.1. The highest BCUT2D eigenvalue weighted by Crippen LogP contribution is 2.18. The standard InChI is InChI=1S/C19H37NO2.C19H39NO.C17H35NO.C15H31NO.C13H27NO.C11H21NO2.C11H23NO.CH4/c1-2-3-4-5-6-7-8-9-10-14-17-22-19(21)18-20-15-12-11-13-16-20;1-2-3-4-5-6-7-8-9-10-14-18-21-19-17-20-15-12-11-13-16-20;1-2-3-4-5-6-7-8-12-16-19-17-15-18-13-10-9-11-14-18;1-2-3-4-5-6-10-14-17-15-13-16-11-8-7-9-12-16;1-2-3-4-8-12-15-13-11-14-9-6-5-7-10-14;1-2-6-11(13)14-10-9-12-7-4-3-5-8-12;1-2-3-10-13-11-9-12-7-5-4-6-8-12;/h2-18H2,1H3;2-19H2,1H3;2-17H2,1H3;2-15H2,1H3;2-13H2,1H3;2-10H2,1H3;2-11H2,1H3;1H4. The summed E-state index contributed by atoms with van der Waals surface area (Å²) < 4.78 is 38.8. The molecule has 0 aromatic heterocycles. The van der Waals surface area contributed by atoms with E-state index in [4.69, 9.17) is 33.2 Å². The van der Waals surface area contributed by atoms with E-state index in [1.165, 1.54) is 464 Å². The van der Waals surface area contributed by atoms with Gasteiger partial charge in [-0.2, -0.15) is 0 Å². The van der Waals surface area contributed by atoms with E-state index >= 15 is 0 Å². The van der Waals surface area contributed by atoms with Crippen LogP contribution in [0.25, 0.3) is 0 Å². The lowest BCUT2D eigenvalue weighted by Gasteiger charge is -2.26. The summed E-state index contributed by atoms with van der Waals surface area (Å²) in [4.78, 5) is 40.1. The molecule has 0 radical (unpaired) electrons. The van der Waals surface area contributed by atoms with Gasteiger partial charge >= 0.3 is 11.9 Å². The molecule has 0 N–H and O–H groups in total. The summed E-state index contributed by atoms with van der Waals surface area (Å²) in [6.45, 7) is 50.8. The summed E-state index contributed by atoms with van der Waals surface area (Å²) in [6.07, 6.45) is 84.2. The number of unbranched alkanes of at least 4 members (excludes halogenated alkanes) is 34. The first kappa shape index (κ1) is 120. The Morgan fingerprint density at radius 1 is 0.180 bits per heavy atom. The third-order valence-corrected chi connectivity index (χ3v) is 25.3. The van der Waals surface area contributed by atoms with Crippen LogP contribution in [0.2, 0.25) is 0 Å². The van der Waals surface area contributed by atoms with Crippen LogP contribution < -0.4 is 0 Å². The molecule has 16 heteroatoms. The Morgan fingerprint density at radius 2 is 0.361 bits per heavy atom. The molecule has 0 unspecified atom stereocenters. The topological polar surface area (TPSA) is 121 Å². The van der Waals surface area contributed by atoms with Gasteiger partial charge in [0.15, 0.2) is 0 Å². The molecule has 0 bridgehead atoms. The second kappa shape index (κ2) is 102. The van der Waals surface area contributed by atoms with E-state index < -0.39 is 0 Å². The van der Waals surface area contributed by atoms with Crippen LogP contribution in [0.3, 0.4) is 0 Å². The molecule has 7 rings (SSSR count). The molecule has 7 saturated heterocycles. The minimum absolute atomic E-state index is 0. The van der Waals surface area contributed by atoms with Crippen LogP contribution in [0.5, 0.6) is 0 Å². The Balaban J connectivity index is 0.00000141. The average molecular weight is 1730 g/mol. The molecule has 0 spiro atoms. The maximum atomic E-state index is 11.7. The number of rotatable bonds is 68. The van der Waals surface area contributed by atoms with Crippen molar-refractivity contribution in [1.82, 2.24) is 34.3 Å². The summed E-state index contributed by atoms with van der Waals surface area (Å²) in [5.74, 6) is -0.0812. The van der Waals surface area contributed by atoms with Crippen LogP contribution in [-0.4, -0.2) is 263 Å². The van der Waals surface area contributed by atoms with Crippen molar-refractivity contribution in [3.8, 4) is 0 Å². The highest BCUT2D eigenvalue weighted by atomic mass is 16.5. The first-order valence-electron chi connectivity index (χ1n) is 54.1. The molecule has 16 nitrogen and oxygen atoms in total. The molecule has 0 amide bonds. The van der Waals surface area contributed by atoms with Crippen molar-refractivity contribution in [2.24, 2.45) is 0 Å². The van der Waals surface area contributed by atoms with Gasteiger partial charge in [-0.1, -0.05) is 319 Å². The lowest BCUT2D eigenvalue weighted by molar-refractivity contribution is -0.145. The van der Waals surface area contributed by atoms with Crippen molar-refractivity contribution in [3.63, 3.8) is 0 Å². The summed E-state index contributed by atoms with van der Waals surface area (Å²) in [6, 6.07) is 0. The molecule has 0 atom stereocenters. The minimum Gasteiger partial charge on any atom is -0.465 e. The molecule has 0 aromatic carbocycles. The fourth-order valence-electron chi connectivity index (χ4n) is 17.2. The third-order valence-electron chi connectivity index (χ3n) is 25.3. The van der Waals surface area contributed by atoms with Crippen LogP contribution >= 0.6 is 0 Å². The van der Waals surface area contributed by atoms with E-state index in [2.05, 4.69) is 75.8 Å². The number of esters is 2. The van der Waals surface area contributed by atoms with Crippen molar-refractivity contribution in [2.45, 2.75) is 460 Å². The van der Waals surface area contributed by atoms with Gasteiger partial charge in [0.2, 0.25) is 0 Å². The van der Waals surface area contributed by atoms with Crippen molar-refractivity contribution >= 4 is 11.9 Å². The highest BCUT2D eigenvalue weighted by Gasteiger charge is 2.17. The predicted molar refractivity (Wildman–Crippen MR) is 528 cm³/mol. The summed E-state index contributed by atoms with van der Waals surface area (Å²) in [5.41, 5.74) is 0.